The Morgan fingerprint density at radius 2 is 1.53 bits per heavy atom. The van der Waals surface area contributed by atoms with Gasteiger partial charge in [-0.15, -0.1) is 0 Å². The summed E-state index contributed by atoms with van der Waals surface area (Å²) in [5, 5.41) is 0.437. The summed E-state index contributed by atoms with van der Waals surface area (Å²) in [7, 11) is 0. The molecule has 4 aromatic rings. The lowest BCUT2D eigenvalue weighted by atomic mass is 10.1. The van der Waals surface area contributed by atoms with E-state index in [1.54, 1.807) is 60.8 Å². The Bertz CT molecular complexity index is 1370. The summed E-state index contributed by atoms with van der Waals surface area (Å²) in [4.78, 5) is 49.0. The highest BCUT2D eigenvalue weighted by atomic mass is 16.2. The number of carbonyl (C=O) groups is 2. The molecule has 0 bridgehead atoms. The Labute approximate surface area is 171 Å². The van der Waals surface area contributed by atoms with Gasteiger partial charge < -0.3 is 0 Å². The second-order valence-corrected chi connectivity index (χ2v) is 7.12. The highest BCUT2D eigenvalue weighted by molar-refractivity contribution is 6.21. The number of carbonyl (C=O) groups excluding carboxylic acids is 2. The van der Waals surface area contributed by atoms with Crippen molar-refractivity contribution in [2.45, 2.75) is 13.5 Å². The van der Waals surface area contributed by atoms with Crippen molar-refractivity contribution >= 4 is 22.7 Å². The maximum absolute atomic E-state index is 13.3. The molecule has 1 aliphatic heterocycles. The summed E-state index contributed by atoms with van der Waals surface area (Å²) < 4.78 is 1.37. The number of para-hydroxylation sites is 1. The molecule has 0 saturated heterocycles. The van der Waals surface area contributed by atoms with Gasteiger partial charge in [-0.05, 0) is 48.9 Å². The van der Waals surface area contributed by atoms with Gasteiger partial charge >= 0.3 is 0 Å². The van der Waals surface area contributed by atoms with Crippen molar-refractivity contribution < 1.29 is 9.59 Å². The molecule has 0 unspecified atom stereocenters. The van der Waals surface area contributed by atoms with Crippen molar-refractivity contribution in [3.63, 3.8) is 0 Å². The van der Waals surface area contributed by atoms with E-state index in [2.05, 4.69) is 9.97 Å². The van der Waals surface area contributed by atoms with Gasteiger partial charge in [0, 0.05) is 6.20 Å². The summed E-state index contributed by atoms with van der Waals surface area (Å²) in [5.74, 6) is -0.139. The zero-order chi connectivity index (χ0) is 20.8. The van der Waals surface area contributed by atoms with E-state index in [0.29, 0.717) is 27.8 Å². The SMILES string of the molecule is Cc1ccnc(-n2c(CN3C(=O)c4ccccc4C3=O)nc3ccccc3c2=O)c1. The van der Waals surface area contributed by atoms with Crippen molar-refractivity contribution in [3.05, 3.63) is 99.7 Å². The largest absolute Gasteiger partial charge is 0.269 e. The predicted octanol–water partition coefficient (Wildman–Crippen LogP) is 2.89. The fraction of sp³-hybridized carbons (Fsp3) is 0.0870. The van der Waals surface area contributed by atoms with Crippen LogP contribution in [-0.4, -0.2) is 31.2 Å². The first-order valence-electron chi connectivity index (χ1n) is 9.43. The Balaban J connectivity index is 1.70. The summed E-state index contributed by atoms with van der Waals surface area (Å²) >= 11 is 0. The normalized spacial score (nSPS) is 13.2. The molecule has 146 valence electrons. The minimum absolute atomic E-state index is 0.137. The van der Waals surface area contributed by atoms with Gasteiger partial charge in [-0.3, -0.25) is 19.3 Å². The number of imide groups is 1. The molecular weight excluding hydrogens is 380 g/mol. The third kappa shape index (κ3) is 2.71. The van der Waals surface area contributed by atoms with Crippen LogP contribution in [-0.2, 0) is 6.54 Å². The molecule has 0 spiro atoms. The van der Waals surface area contributed by atoms with E-state index >= 15 is 0 Å². The molecule has 2 aromatic heterocycles. The van der Waals surface area contributed by atoms with Gasteiger partial charge in [-0.25, -0.2) is 14.5 Å². The molecule has 7 nitrogen and oxygen atoms in total. The van der Waals surface area contributed by atoms with Crippen LogP contribution in [0.2, 0.25) is 0 Å². The average molecular weight is 396 g/mol. The van der Waals surface area contributed by atoms with E-state index in [1.165, 1.54) is 4.57 Å². The molecule has 30 heavy (non-hydrogen) atoms. The second kappa shape index (κ2) is 6.73. The van der Waals surface area contributed by atoms with Crippen LogP contribution in [0.1, 0.15) is 32.1 Å². The van der Waals surface area contributed by atoms with Crippen LogP contribution in [0.25, 0.3) is 16.7 Å². The highest BCUT2D eigenvalue weighted by Gasteiger charge is 2.36. The number of rotatable bonds is 3. The topological polar surface area (TPSA) is 85.2 Å². The number of aryl methyl sites for hydroxylation is 1. The van der Waals surface area contributed by atoms with E-state index in [-0.39, 0.29) is 17.9 Å². The van der Waals surface area contributed by atoms with E-state index in [4.69, 9.17) is 0 Å². The Morgan fingerprint density at radius 3 is 2.23 bits per heavy atom. The lowest BCUT2D eigenvalue weighted by Gasteiger charge is -2.18. The van der Waals surface area contributed by atoms with Crippen LogP contribution in [0.5, 0.6) is 0 Å². The first-order valence-corrected chi connectivity index (χ1v) is 9.43. The van der Waals surface area contributed by atoms with Crippen LogP contribution in [0.4, 0.5) is 0 Å². The van der Waals surface area contributed by atoms with E-state index in [9.17, 15) is 14.4 Å². The third-order valence-corrected chi connectivity index (χ3v) is 5.15. The lowest BCUT2D eigenvalue weighted by molar-refractivity contribution is 0.0637. The fourth-order valence-electron chi connectivity index (χ4n) is 3.69. The van der Waals surface area contributed by atoms with Gasteiger partial charge in [0.15, 0.2) is 0 Å². The minimum atomic E-state index is -0.401. The standard InChI is InChI=1S/C23H16N4O3/c1-14-10-11-24-19(12-14)27-20(25-18-9-5-4-8-17(18)23(27)30)13-26-21(28)15-6-2-3-7-16(15)22(26)29/h2-12H,13H2,1H3. The van der Waals surface area contributed by atoms with Crippen molar-refractivity contribution in [3.8, 4) is 5.82 Å². The number of nitrogens with zero attached hydrogens (tertiary/aromatic N) is 4. The number of pyridine rings is 1. The van der Waals surface area contributed by atoms with Crippen LogP contribution in [0, 0.1) is 6.92 Å². The van der Waals surface area contributed by atoms with Crippen LogP contribution in [0.15, 0.2) is 71.7 Å². The molecule has 0 saturated carbocycles. The Kier molecular flexibility index (Phi) is 4.03. The second-order valence-electron chi connectivity index (χ2n) is 7.12. The Hall–Kier alpha value is -4.13. The molecule has 2 aromatic carbocycles. The molecule has 0 atom stereocenters. The maximum Gasteiger partial charge on any atom is 0.267 e. The average Bonchev–Trinajstić information content (AvgIpc) is 2.99. The number of hydrogen-bond donors (Lipinski definition) is 0. The third-order valence-electron chi connectivity index (χ3n) is 5.15. The van der Waals surface area contributed by atoms with Gasteiger partial charge in [0.25, 0.3) is 17.4 Å². The number of hydrogen-bond acceptors (Lipinski definition) is 5. The quantitative estimate of drug-likeness (QED) is 0.497. The molecule has 0 radical (unpaired) electrons. The summed E-state index contributed by atoms with van der Waals surface area (Å²) in [6.07, 6.45) is 1.61. The first-order chi connectivity index (χ1) is 14.5. The van der Waals surface area contributed by atoms with Gasteiger partial charge in [-0.1, -0.05) is 24.3 Å². The zero-order valence-electron chi connectivity index (χ0n) is 16.1. The summed E-state index contributed by atoms with van der Waals surface area (Å²) in [6, 6.07) is 17.3. The molecular formula is C23H16N4O3. The van der Waals surface area contributed by atoms with Gasteiger partial charge in [0.1, 0.15) is 11.6 Å². The summed E-state index contributed by atoms with van der Waals surface area (Å²) in [6.45, 7) is 1.76. The first kappa shape index (κ1) is 17.9. The van der Waals surface area contributed by atoms with Crippen molar-refractivity contribution in [1.82, 2.24) is 19.4 Å². The van der Waals surface area contributed by atoms with Crippen molar-refractivity contribution in [2.24, 2.45) is 0 Å². The molecule has 1 aliphatic rings. The molecule has 0 N–H and O–H groups in total. The van der Waals surface area contributed by atoms with Crippen molar-refractivity contribution in [2.75, 3.05) is 0 Å². The van der Waals surface area contributed by atoms with Gasteiger partial charge in [-0.2, -0.15) is 0 Å². The van der Waals surface area contributed by atoms with Crippen LogP contribution < -0.4 is 5.56 Å². The smallest absolute Gasteiger partial charge is 0.267 e. The lowest BCUT2D eigenvalue weighted by Crippen LogP contribution is -2.34. The number of amides is 2. The maximum atomic E-state index is 13.3. The highest BCUT2D eigenvalue weighted by Crippen LogP contribution is 2.24. The van der Waals surface area contributed by atoms with E-state index < -0.39 is 11.8 Å². The van der Waals surface area contributed by atoms with Crippen LogP contribution >= 0.6 is 0 Å². The van der Waals surface area contributed by atoms with Gasteiger partial charge in [0.2, 0.25) is 0 Å². The van der Waals surface area contributed by atoms with Crippen LogP contribution in [0.3, 0.4) is 0 Å². The predicted molar refractivity (Wildman–Crippen MR) is 111 cm³/mol. The van der Waals surface area contributed by atoms with Crippen molar-refractivity contribution in [1.29, 1.82) is 0 Å². The fourth-order valence-corrected chi connectivity index (χ4v) is 3.69. The number of fused-ring (bicyclic) bond motifs is 2. The zero-order valence-corrected chi connectivity index (χ0v) is 16.1. The molecule has 5 rings (SSSR count). The van der Waals surface area contributed by atoms with Gasteiger partial charge in [0.05, 0.1) is 28.6 Å². The Morgan fingerprint density at radius 1 is 0.867 bits per heavy atom. The number of aromatic nitrogens is 3. The molecule has 7 heteroatoms. The molecule has 2 amide bonds. The van der Waals surface area contributed by atoms with E-state index in [0.717, 1.165) is 10.5 Å². The monoisotopic (exact) mass is 396 g/mol. The molecule has 0 fully saturated rings. The minimum Gasteiger partial charge on any atom is -0.269 e. The number of benzene rings is 2. The molecule has 3 heterocycles. The molecule has 0 aliphatic carbocycles. The summed E-state index contributed by atoms with van der Waals surface area (Å²) in [5.41, 5.74) is 1.83. The van der Waals surface area contributed by atoms with E-state index in [1.807, 2.05) is 13.0 Å².